The SMILES string of the molecule is CC(C)(C)c1ncc(C(=O)N2CCCC(N3CCNC3=O)C2)s1. The van der Waals surface area contributed by atoms with Crippen molar-refractivity contribution in [3.05, 3.63) is 16.1 Å². The van der Waals surface area contributed by atoms with Crippen LogP contribution in [0.5, 0.6) is 0 Å². The maximum atomic E-state index is 12.8. The third-order valence-corrected chi connectivity index (χ3v) is 5.78. The molecule has 2 saturated heterocycles. The van der Waals surface area contributed by atoms with E-state index in [0.717, 1.165) is 30.9 Å². The van der Waals surface area contributed by atoms with E-state index in [1.165, 1.54) is 11.3 Å². The summed E-state index contributed by atoms with van der Waals surface area (Å²) in [5.41, 5.74) is -0.0404. The van der Waals surface area contributed by atoms with Gasteiger partial charge in [0.2, 0.25) is 0 Å². The van der Waals surface area contributed by atoms with Crippen molar-refractivity contribution in [2.45, 2.75) is 45.1 Å². The van der Waals surface area contributed by atoms with Crippen molar-refractivity contribution in [3.63, 3.8) is 0 Å². The van der Waals surface area contributed by atoms with Gasteiger partial charge in [0.1, 0.15) is 4.88 Å². The lowest BCUT2D eigenvalue weighted by atomic mass is 9.98. The molecule has 7 heteroatoms. The maximum Gasteiger partial charge on any atom is 0.317 e. The number of nitrogens with zero attached hydrogens (tertiary/aromatic N) is 3. The van der Waals surface area contributed by atoms with Gasteiger partial charge in [-0.05, 0) is 12.8 Å². The first-order chi connectivity index (χ1) is 10.9. The van der Waals surface area contributed by atoms with Crippen LogP contribution in [0.15, 0.2) is 6.20 Å². The summed E-state index contributed by atoms with van der Waals surface area (Å²) in [5, 5.41) is 3.82. The van der Waals surface area contributed by atoms with Gasteiger partial charge in [-0.15, -0.1) is 11.3 Å². The van der Waals surface area contributed by atoms with Crippen molar-refractivity contribution in [1.29, 1.82) is 0 Å². The van der Waals surface area contributed by atoms with E-state index >= 15 is 0 Å². The minimum atomic E-state index is -0.0404. The van der Waals surface area contributed by atoms with Gasteiger partial charge < -0.3 is 15.1 Å². The number of carbonyl (C=O) groups is 2. The van der Waals surface area contributed by atoms with Gasteiger partial charge in [0, 0.05) is 31.6 Å². The first-order valence-corrected chi connectivity index (χ1v) is 8.98. The van der Waals surface area contributed by atoms with Crippen molar-refractivity contribution in [1.82, 2.24) is 20.1 Å². The predicted molar refractivity (Wildman–Crippen MR) is 89.8 cm³/mol. The van der Waals surface area contributed by atoms with E-state index in [0.29, 0.717) is 18.0 Å². The lowest BCUT2D eigenvalue weighted by Crippen LogP contribution is -2.50. The van der Waals surface area contributed by atoms with Gasteiger partial charge in [-0.1, -0.05) is 20.8 Å². The molecular formula is C16H24N4O2S. The highest BCUT2D eigenvalue weighted by atomic mass is 32.1. The number of thiazole rings is 1. The Labute approximate surface area is 140 Å². The van der Waals surface area contributed by atoms with Crippen LogP contribution < -0.4 is 5.32 Å². The molecule has 0 aliphatic carbocycles. The Bertz CT molecular complexity index is 607. The highest BCUT2D eigenvalue weighted by Crippen LogP contribution is 2.28. The second-order valence-electron chi connectivity index (χ2n) is 7.25. The van der Waals surface area contributed by atoms with Crippen LogP contribution in [0.2, 0.25) is 0 Å². The van der Waals surface area contributed by atoms with Gasteiger partial charge in [0.15, 0.2) is 0 Å². The molecule has 3 amide bonds. The number of amides is 3. The Morgan fingerprint density at radius 3 is 2.78 bits per heavy atom. The normalized spacial score (nSPS) is 22.4. The maximum absolute atomic E-state index is 12.8. The summed E-state index contributed by atoms with van der Waals surface area (Å²) < 4.78 is 0. The Morgan fingerprint density at radius 2 is 2.17 bits per heavy atom. The quantitative estimate of drug-likeness (QED) is 0.899. The fraction of sp³-hybridized carbons (Fsp3) is 0.688. The van der Waals surface area contributed by atoms with E-state index < -0.39 is 0 Å². The summed E-state index contributed by atoms with van der Waals surface area (Å²) in [6.07, 6.45) is 3.60. The zero-order valence-electron chi connectivity index (χ0n) is 14.0. The van der Waals surface area contributed by atoms with Crippen molar-refractivity contribution < 1.29 is 9.59 Å². The fourth-order valence-electron chi connectivity index (χ4n) is 3.10. The van der Waals surface area contributed by atoms with Gasteiger partial charge in [-0.3, -0.25) is 4.79 Å². The standard InChI is InChI=1S/C16H24N4O2S/c1-16(2,3)14-18-9-12(23-14)13(21)19-7-4-5-11(10-19)20-8-6-17-15(20)22/h9,11H,4-8,10H2,1-3H3,(H,17,22). The number of rotatable bonds is 2. The minimum Gasteiger partial charge on any atom is -0.336 e. The van der Waals surface area contributed by atoms with Gasteiger partial charge in [-0.25, -0.2) is 9.78 Å². The Morgan fingerprint density at radius 1 is 1.39 bits per heavy atom. The molecule has 6 nitrogen and oxygen atoms in total. The molecule has 3 rings (SSSR count). The number of likely N-dealkylation sites (tertiary alicyclic amines) is 1. The van der Waals surface area contributed by atoms with Crippen LogP contribution in [0.3, 0.4) is 0 Å². The predicted octanol–water partition coefficient (Wildman–Crippen LogP) is 2.07. The van der Waals surface area contributed by atoms with Crippen LogP contribution >= 0.6 is 11.3 Å². The minimum absolute atomic E-state index is 0.00268. The third-order valence-electron chi connectivity index (χ3n) is 4.37. The van der Waals surface area contributed by atoms with E-state index in [4.69, 9.17) is 0 Å². The van der Waals surface area contributed by atoms with Gasteiger partial charge in [-0.2, -0.15) is 0 Å². The average molecular weight is 336 g/mol. The first kappa shape index (κ1) is 16.2. The Kier molecular flexibility index (Phi) is 4.31. The number of hydrogen-bond donors (Lipinski definition) is 1. The van der Waals surface area contributed by atoms with Crippen LogP contribution in [-0.4, -0.2) is 58.9 Å². The Balaban J connectivity index is 1.69. The molecule has 126 valence electrons. The van der Waals surface area contributed by atoms with Gasteiger partial charge in [0.05, 0.1) is 17.2 Å². The summed E-state index contributed by atoms with van der Waals surface area (Å²) in [4.78, 5) is 33.4. The van der Waals surface area contributed by atoms with E-state index in [1.807, 2.05) is 9.80 Å². The van der Waals surface area contributed by atoms with Crippen molar-refractivity contribution in [3.8, 4) is 0 Å². The molecule has 1 aromatic rings. The summed E-state index contributed by atoms with van der Waals surface area (Å²) >= 11 is 1.48. The zero-order chi connectivity index (χ0) is 16.6. The number of nitrogens with one attached hydrogen (secondary N) is 1. The largest absolute Gasteiger partial charge is 0.336 e. The average Bonchev–Trinajstić information content (AvgIpc) is 3.15. The van der Waals surface area contributed by atoms with Crippen LogP contribution in [-0.2, 0) is 5.41 Å². The second-order valence-corrected chi connectivity index (χ2v) is 8.28. The molecule has 1 atom stereocenters. The van der Waals surface area contributed by atoms with Crippen molar-refractivity contribution >= 4 is 23.3 Å². The van der Waals surface area contributed by atoms with E-state index in [1.54, 1.807) is 6.20 Å². The molecule has 1 unspecified atom stereocenters. The number of hydrogen-bond acceptors (Lipinski definition) is 4. The van der Waals surface area contributed by atoms with Crippen LogP contribution in [0, 0.1) is 0 Å². The summed E-state index contributed by atoms with van der Waals surface area (Å²) in [7, 11) is 0. The highest BCUT2D eigenvalue weighted by molar-refractivity contribution is 7.13. The van der Waals surface area contributed by atoms with Crippen LogP contribution in [0.1, 0.15) is 48.3 Å². The summed E-state index contributed by atoms with van der Waals surface area (Å²) in [6, 6.07) is 0.127. The number of carbonyl (C=O) groups excluding carboxylic acids is 2. The van der Waals surface area contributed by atoms with Crippen molar-refractivity contribution in [2.75, 3.05) is 26.2 Å². The summed E-state index contributed by atoms with van der Waals surface area (Å²) in [6.45, 7) is 9.12. The third kappa shape index (κ3) is 3.34. The molecule has 0 spiro atoms. The molecule has 0 aromatic carbocycles. The molecule has 1 N–H and O–H groups in total. The number of piperidine rings is 1. The van der Waals surface area contributed by atoms with Gasteiger partial charge in [0.25, 0.3) is 5.91 Å². The van der Waals surface area contributed by atoms with Gasteiger partial charge >= 0.3 is 6.03 Å². The molecule has 2 aliphatic rings. The monoisotopic (exact) mass is 336 g/mol. The number of urea groups is 1. The fourth-order valence-corrected chi connectivity index (χ4v) is 4.05. The van der Waals surface area contributed by atoms with E-state index in [-0.39, 0.29) is 23.4 Å². The second kappa shape index (κ2) is 6.11. The molecular weight excluding hydrogens is 312 g/mol. The molecule has 1 aromatic heterocycles. The van der Waals surface area contributed by atoms with Crippen molar-refractivity contribution in [2.24, 2.45) is 0 Å². The molecule has 2 aliphatic heterocycles. The first-order valence-electron chi connectivity index (χ1n) is 8.16. The van der Waals surface area contributed by atoms with E-state index in [2.05, 4.69) is 31.1 Å². The molecule has 3 heterocycles. The molecule has 0 radical (unpaired) electrons. The molecule has 2 fully saturated rings. The Hall–Kier alpha value is -1.63. The van der Waals surface area contributed by atoms with E-state index in [9.17, 15) is 9.59 Å². The summed E-state index contributed by atoms with van der Waals surface area (Å²) in [5.74, 6) is 0.0438. The van der Waals surface area contributed by atoms with Crippen LogP contribution in [0.4, 0.5) is 4.79 Å². The smallest absolute Gasteiger partial charge is 0.317 e. The van der Waals surface area contributed by atoms with Crippen LogP contribution in [0.25, 0.3) is 0 Å². The topological polar surface area (TPSA) is 65.5 Å². The molecule has 0 bridgehead atoms. The highest BCUT2D eigenvalue weighted by Gasteiger charge is 2.33. The zero-order valence-corrected chi connectivity index (χ0v) is 14.8. The lowest BCUT2D eigenvalue weighted by Gasteiger charge is -2.36. The molecule has 0 saturated carbocycles. The molecule has 23 heavy (non-hydrogen) atoms. The number of aromatic nitrogens is 1. The lowest BCUT2D eigenvalue weighted by molar-refractivity contribution is 0.0639.